The van der Waals surface area contributed by atoms with E-state index in [1.165, 1.54) is 11.3 Å². The molecule has 0 unspecified atom stereocenters. The summed E-state index contributed by atoms with van der Waals surface area (Å²) in [4.78, 5) is 40.5. The number of nitrogens with one attached hydrogen (secondary N) is 3. The van der Waals surface area contributed by atoms with Crippen LogP contribution in [0.2, 0.25) is 0 Å². The molecule has 24 heavy (non-hydrogen) atoms. The van der Waals surface area contributed by atoms with Gasteiger partial charge in [0.25, 0.3) is 5.91 Å². The first-order chi connectivity index (χ1) is 11.5. The SMILES string of the molecule is Cc1ccc2[nH]c3c(c2c1)CN(C(=O)C[C@H]1NC(=O)NC1=O)CC3. The molecular formula is C17H18N4O3. The molecule has 7 heteroatoms. The molecule has 1 aromatic heterocycles. The standard InChI is InChI=1S/C17H18N4O3/c1-9-2-3-12-10(6-9)11-8-21(5-4-13(11)18-12)15(22)7-14-16(23)20-17(24)19-14/h2-3,6,14,18H,4-5,7-8H2,1H3,(H2,19,20,23,24)/t14-/m1/s1. The highest BCUT2D eigenvalue weighted by Crippen LogP contribution is 2.28. The quantitative estimate of drug-likeness (QED) is 0.718. The Balaban J connectivity index is 1.54. The van der Waals surface area contributed by atoms with E-state index in [1.54, 1.807) is 4.90 Å². The Morgan fingerprint density at radius 2 is 2.17 bits per heavy atom. The molecule has 124 valence electrons. The van der Waals surface area contributed by atoms with Crippen molar-refractivity contribution in [3.8, 4) is 0 Å². The van der Waals surface area contributed by atoms with Crippen molar-refractivity contribution in [1.82, 2.24) is 20.5 Å². The van der Waals surface area contributed by atoms with Gasteiger partial charge in [0.1, 0.15) is 6.04 Å². The van der Waals surface area contributed by atoms with E-state index in [9.17, 15) is 14.4 Å². The minimum absolute atomic E-state index is 0.00566. The first-order valence-corrected chi connectivity index (χ1v) is 8.00. The summed E-state index contributed by atoms with van der Waals surface area (Å²) >= 11 is 0. The maximum Gasteiger partial charge on any atom is 0.322 e. The lowest BCUT2D eigenvalue weighted by Crippen LogP contribution is -2.41. The van der Waals surface area contributed by atoms with Gasteiger partial charge in [-0.05, 0) is 19.1 Å². The fraction of sp³-hybridized carbons (Fsp3) is 0.353. The number of imide groups is 1. The molecule has 7 nitrogen and oxygen atoms in total. The minimum Gasteiger partial charge on any atom is -0.358 e. The molecule has 1 atom stereocenters. The van der Waals surface area contributed by atoms with Crippen LogP contribution in [0.25, 0.3) is 10.9 Å². The first-order valence-electron chi connectivity index (χ1n) is 8.00. The van der Waals surface area contributed by atoms with Crippen LogP contribution in [-0.2, 0) is 22.6 Å². The van der Waals surface area contributed by atoms with Crippen molar-refractivity contribution in [2.24, 2.45) is 0 Å². The van der Waals surface area contributed by atoms with E-state index in [2.05, 4.69) is 33.8 Å². The van der Waals surface area contributed by atoms with Gasteiger partial charge in [0.05, 0.1) is 6.42 Å². The predicted molar refractivity (Wildman–Crippen MR) is 87.2 cm³/mol. The molecule has 0 bridgehead atoms. The van der Waals surface area contributed by atoms with Crippen LogP contribution in [0.5, 0.6) is 0 Å². The second-order valence-corrected chi connectivity index (χ2v) is 6.42. The molecule has 0 radical (unpaired) electrons. The zero-order valence-electron chi connectivity index (χ0n) is 13.3. The molecule has 1 aromatic carbocycles. The highest BCUT2D eigenvalue weighted by molar-refractivity contribution is 6.05. The lowest BCUT2D eigenvalue weighted by atomic mass is 10.0. The fourth-order valence-electron chi connectivity index (χ4n) is 3.45. The Labute approximate surface area is 138 Å². The molecule has 0 spiro atoms. The minimum atomic E-state index is -0.767. The zero-order chi connectivity index (χ0) is 16.8. The number of fused-ring (bicyclic) bond motifs is 3. The van der Waals surface area contributed by atoms with Crippen LogP contribution in [0, 0.1) is 6.92 Å². The number of aromatic nitrogens is 1. The molecular weight excluding hydrogens is 308 g/mol. The maximum absolute atomic E-state index is 12.5. The van der Waals surface area contributed by atoms with E-state index in [4.69, 9.17) is 0 Å². The average molecular weight is 326 g/mol. The van der Waals surface area contributed by atoms with Crippen LogP contribution in [0.4, 0.5) is 4.79 Å². The lowest BCUT2D eigenvalue weighted by molar-refractivity contribution is -0.134. The van der Waals surface area contributed by atoms with Crippen molar-refractivity contribution in [3.63, 3.8) is 0 Å². The number of benzene rings is 1. The molecule has 2 aliphatic heterocycles. The molecule has 3 N–H and O–H groups in total. The van der Waals surface area contributed by atoms with Crippen molar-refractivity contribution in [1.29, 1.82) is 0 Å². The number of aromatic amines is 1. The summed E-state index contributed by atoms with van der Waals surface area (Å²) in [5, 5.41) is 5.77. The predicted octanol–water partition coefficient (Wildman–Crippen LogP) is 0.959. The summed E-state index contributed by atoms with van der Waals surface area (Å²) in [5.41, 5.74) is 4.58. The third-order valence-corrected chi connectivity index (χ3v) is 4.72. The number of H-pyrrole nitrogens is 1. The number of hydrogen-bond acceptors (Lipinski definition) is 3. The highest BCUT2D eigenvalue weighted by Gasteiger charge is 2.33. The normalized spacial score (nSPS) is 20.0. The van der Waals surface area contributed by atoms with E-state index in [0.717, 1.165) is 22.9 Å². The third-order valence-electron chi connectivity index (χ3n) is 4.72. The fourth-order valence-corrected chi connectivity index (χ4v) is 3.45. The van der Waals surface area contributed by atoms with E-state index in [-0.39, 0.29) is 12.3 Å². The Kier molecular flexibility index (Phi) is 3.30. The van der Waals surface area contributed by atoms with Gasteiger partial charge in [0.2, 0.25) is 5.91 Å². The molecule has 2 aliphatic rings. The van der Waals surface area contributed by atoms with Gasteiger partial charge in [-0.25, -0.2) is 4.79 Å². The van der Waals surface area contributed by atoms with Crippen LogP contribution < -0.4 is 10.6 Å². The number of rotatable bonds is 2. The van der Waals surface area contributed by atoms with E-state index < -0.39 is 18.0 Å². The van der Waals surface area contributed by atoms with E-state index in [1.807, 2.05) is 6.92 Å². The number of aryl methyl sites for hydroxylation is 1. The van der Waals surface area contributed by atoms with Crippen LogP contribution in [0.15, 0.2) is 18.2 Å². The Bertz CT molecular complexity index is 870. The molecule has 1 fully saturated rings. The van der Waals surface area contributed by atoms with Crippen molar-refractivity contribution in [3.05, 3.63) is 35.0 Å². The Hall–Kier alpha value is -2.83. The monoisotopic (exact) mass is 326 g/mol. The molecule has 3 heterocycles. The largest absolute Gasteiger partial charge is 0.358 e. The molecule has 0 saturated carbocycles. The van der Waals surface area contributed by atoms with Crippen LogP contribution in [0.1, 0.15) is 23.2 Å². The molecule has 1 saturated heterocycles. The van der Waals surface area contributed by atoms with Gasteiger partial charge in [0, 0.05) is 41.7 Å². The second kappa shape index (κ2) is 5.36. The van der Waals surface area contributed by atoms with Gasteiger partial charge in [-0.3, -0.25) is 14.9 Å². The summed E-state index contributed by atoms with van der Waals surface area (Å²) in [6.45, 7) is 3.19. The van der Waals surface area contributed by atoms with E-state index >= 15 is 0 Å². The number of carbonyl (C=O) groups is 3. The van der Waals surface area contributed by atoms with E-state index in [0.29, 0.717) is 13.1 Å². The number of carbonyl (C=O) groups excluding carboxylic acids is 3. The van der Waals surface area contributed by atoms with Gasteiger partial charge in [-0.2, -0.15) is 0 Å². The van der Waals surface area contributed by atoms with Crippen molar-refractivity contribution < 1.29 is 14.4 Å². The van der Waals surface area contributed by atoms with Crippen LogP contribution >= 0.6 is 0 Å². The van der Waals surface area contributed by atoms with Gasteiger partial charge in [-0.15, -0.1) is 0 Å². The van der Waals surface area contributed by atoms with Crippen molar-refractivity contribution in [2.75, 3.05) is 6.54 Å². The number of hydrogen-bond donors (Lipinski definition) is 3. The second-order valence-electron chi connectivity index (χ2n) is 6.42. The number of nitrogens with zero attached hydrogens (tertiary/aromatic N) is 1. The van der Waals surface area contributed by atoms with Gasteiger partial charge < -0.3 is 15.2 Å². The Morgan fingerprint density at radius 3 is 2.92 bits per heavy atom. The number of amides is 4. The lowest BCUT2D eigenvalue weighted by Gasteiger charge is -2.28. The average Bonchev–Trinajstić information content (AvgIpc) is 3.06. The first kappa shape index (κ1) is 14.7. The van der Waals surface area contributed by atoms with Gasteiger partial charge in [0.15, 0.2) is 0 Å². The summed E-state index contributed by atoms with van der Waals surface area (Å²) in [6.07, 6.45) is 0.756. The summed E-state index contributed by atoms with van der Waals surface area (Å²) in [6, 6.07) is 4.95. The summed E-state index contributed by atoms with van der Waals surface area (Å²) in [5.74, 6) is -0.557. The summed E-state index contributed by atoms with van der Waals surface area (Å²) < 4.78 is 0. The smallest absolute Gasteiger partial charge is 0.322 e. The summed E-state index contributed by atoms with van der Waals surface area (Å²) in [7, 11) is 0. The van der Waals surface area contributed by atoms with Crippen LogP contribution in [-0.4, -0.2) is 40.3 Å². The number of urea groups is 1. The highest BCUT2D eigenvalue weighted by atomic mass is 16.2. The van der Waals surface area contributed by atoms with Crippen LogP contribution in [0.3, 0.4) is 0 Å². The molecule has 4 amide bonds. The molecule has 2 aromatic rings. The zero-order valence-corrected chi connectivity index (χ0v) is 13.3. The third kappa shape index (κ3) is 2.42. The topological polar surface area (TPSA) is 94.3 Å². The van der Waals surface area contributed by atoms with Gasteiger partial charge >= 0.3 is 6.03 Å². The molecule has 4 rings (SSSR count). The Morgan fingerprint density at radius 1 is 1.33 bits per heavy atom. The molecule has 0 aliphatic carbocycles. The van der Waals surface area contributed by atoms with Crippen molar-refractivity contribution >= 4 is 28.7 Å². The van der Waals surface area contributed by atoms with Crippen molar-refractivity contribution in [2.45, 2.75) is 32.4 Å². The maximum atomic E-state index is 12.5. The van der Waals surface area contributed by atoms with Gasteiger partial charge in [-0.1, -0.05) is 11.6 Å².